The number of rotatable bonds is 42. The molecule has 0 rings (SSSR count). The lowest BCUT2D eigenvalue weighted by molar-refractivity contribution is -0.163. The molecule has 0 aliphatic rings. The van der Waals surface area contributed by atoms with E-state index in [1.54, 1.807) is 0 Å². The number of carbonyl (C=O) groups excluding carboxylic acids is 2. The van der Waals surface area contributed by atoms with Gasteiger partial charge in [-0.05, 0) is 83.5 Å². The smallest absolute Gasteiger partial charge is 0.306 e. The molecule has 0 amide bonds. The van der Waals surface area contributed by atoms with Gasteiger partial charge >= 0.3 is 11.9 Å². The topological polar surface area (TPSA) is 61.8 Å². The summed E-state index contributed by atoms with van der Waals surface area (Å²) in [6, 6.07) is 0. The van der Waals surface area contributed by atoms with Crippen molar-refractivity contribution in [1.29, 1.82) is 0 Å². The summed E-state index contributed by atoms with van der Waals surface area (Å²) >= 11 is 0. The maximum atomic E-state index is 12.7. The van der Waals surface area contributed by atoms with E-state index in [9.17, 15) is 9.59 Å². The summed E-state index contributed by atoms with van der Waals surface area (Å²) in [5, 5.41) is 0. The van der Waals surface area contributed by atoms with Gasteiger partial charge in [0.2, 0.25) is 0 Å². The lowest BCUT2D eigenvalue weighted by atomic mass is 10.1. The minimum Gasteiger partial charge on any atom is -0.462 e. The first-order valence-electron chi connectivity index (χ1n) is 23.5. The van der Waals surface area contributed by atoms with E-state index in [-0.39, 0.29) is 25.2 Å². The monoisotopic (exact) mass is 781 g/mol. The van der Waals surface area contributed by atoms with Crippen molar-refractivity contribution in [1.82, 2.24) is 0 Å². The van der Waals surface area contributed by atoms with Crippen LogP contribution in [0.1, 0.15) is 213 Å². The van der Waals surface area contributed by atoms with Gasteiger partial charge < -0.3 is 14.2 Å². The molecule has 0 aromatic carbocycles. The summed E-state index contributed by atoms with van der Waals surface area (Å²) in [6.07, 6.45) is 59.0. The molecular formula is C51H88O5. The lowest BCUT2D eigenvalue weighted by Gasteiger charge is -2.18. The van der Waals surface area contributed by atoms with E-state index in [0.29, 0.717) is 19.4 Å². The van der Waals surface area contributed by atoms with Crippen molar-refractivity contribution in [3.05, 3.63) is 72.9 Å². The van der Waals surface area contributed by atoms with Crippen LogP contribution in [0.4, 0.5) is 0 Å². The van der Waals surface area contributed by atoms with Crippen LogP contribution in [0.15, 0.2) is 72.9 Å². The Morgan fingerprint density at radius 2 is 0.839 bits per heavy atom. The zero-order chi connectivity index (χ0) is 40.7. The maximum absolute atomic E-state index is 12.7. The predicted octanol–water partition coefficient (Wildman–Crippen LogP) is 15.6. The summed E-state index contributed by atoms with van der Waals surface area (Å²) in [5.74, 6) is -0.431. The van der Waals surface area contributed by atoms with Gasteiger partial charge in [-0.1, -0.05) is 190 Å². The van der Waals surface area contributed by atoms with Crippen LogP contribution in [0.25, 0.3) is 0 Å². The summed E-state index contributed by atoms with van der Waals surface area (Å²) < 4.78 is 17.3. The van der Waals surface area contributed by atoms with Crippen molar-refractivity contribution in [2.75, 3.05) is 19.8 Å². The van der Waals surface area contributed by atoms with Crippen molar-refractivity contribution in [3.63, 3.8) is 0 Å². The van der Waals surface area contributed by atoms with Gasteiger partial charge in [-0.2, -0.15) is 0 Å². The van der Waals surface area contributed by atoms with Gasteiger partial charge in [0, 0.05) is 19.4 Å². The Morgan fingerprint density at radius 1 is 0.411 bits per heavy atom. The molecule has 322 valence electrons. The minimum atomic E-state index is -0.547. The molecule has 0 aromatic heterocycles. The molecule has 0 aromatic rings. The van der Waals surface area contributed by atoms with Crippen molar-refractivity contribution >= 4 is 11.9 Å². The molecule has 0 saturated heterocycles. The quantitative estimate of drug-likeness (QED) is 0.0351. The van der Waals surface area contributed by atoms with Gasteiger partial charge in [0.15, 0.2) is 6.10 Å². The first-order chi connectivity index (χ1) is 27.6. The van der Waals surface area contributed by atoms with Gasteiger partial charge in [0.25, 0.3) is 0 Å². The van der Waals surface area contributed by atoms with Crippen LogP contribution in [0.3, 0.4) is 0 Å². The molecule has 0 N–H and O–H groups in total. The molecule has 0 spiro atoms. The molecule has 0 aliphatic heterocycles. The Morgan fingerprint density at radius 3 is 1.36 bits per heavy atom. The fourth-order valence-corrected chi connectivity index (χ4v) is 6.24. The first kappa shape index (κ1) is 53.3. The summed E-state index contributed by atoms with van der Waals surface area (Å²) in [7, 11) is 0. The second-order valence-electron chi connectivity index (χ2n) is 15.3. The van der Waals surface area contributed by atoms with Crippen LogP contribution in [0, 0.1) is 0 Å². The number of esters is 2. The molecule has 0 radical (unpaired) electrons. The van der Waals surface area contributed by atoms with Crippen LogP contribution in [-0.2, 0) is 23.8 Å². The zero-order valence-corrected chi connectivity index (χ0v) is 36.9. The highest BCUT2D eigenvalue weighted by Crippen LogP contribution is 2.13. The van der Waals surface area contributed by atoms with Gasteiger partial charge in [-0.15, -0.1) is 0 Å². The van der Waals surface area contributed by atoms with E-state index in [4.69, 9.17) is 14.2 Å². The van der Waals surface area contributed by atoms with E-state index < -0.39 is 6.10 Å². The van der Waals surface area contributed by atoms with Crippen LogP contribution in [-0.4, -0.2) is 37.9 Å². The highest BCUT2D eigenvalue weighted by Gasteiger charge is 2.17. The van der Waals surface area contributed by atoms with Gasteiger partial charge in [0.05, 0.1) is 6.61 Å². The summed E-state index contributed by atoms with van der Waals surface area (Å²) in [6.45, 7) is 7.60. The van der Waals surface area contributed by atoms with Gasteiger partial charge in [-0.3, -0.25) is 9.59 Å². The molecule has 5 heteroatoms. The largest absolute Gasteiger partial charge is 0.462 e. The van der Waals surface area contributed by atoms with E-state index in [1.807, 2.05) is 0 Å². The normalized spacial score (nSPS) is 12.8. The third kappa shape index (κ3) is 44.1. The number of unbranched alkanes of at least 4 members (excludes halogenated alkanes) is 19. The fourth-order valence-electron chi connectivity index (χ4n) is 6.24. The Balaban J connectivity index is 4.21. The van der Waals surface area contributed by atoms with Crippen LogP contribution >= 0.6 is 0 Å². The first-order valence-corrected chi connectivity index (χ1v) is 23.5. The van der Waals surface area contributed by atoms with E-state index in [0.717, 1.165) is 96.3 Å². The third-order valence-corrected chi connectivity index (χ3v) is 9.71. The molecule has 1 atom stereocenters. The number of hydrogen-bond acceptors (Lipinski definition) is 5. The average Bonchev–Trinajstić information content (AvgIpc) is 3.20. The van der Waals surface area contributed by atoms with Crippen LogP contribution < -0.4 is 0 Å². The number of hydrogen-bond donors (Lipinski definition) is 0. The molecule has 0 heterocycles. The number of allylic oxidation sites excluding steroid dienone is 12. The Labute approximate surface area is 347 Å². The van der Waals surface area contributed by atoms with Gasteiger partial charge in [0.1, 0.15) is 6.61 Å². The van der Waals surface area contributed by atoms with E-state index in [2.05, 4.69) is 93.7 Å². The molecule has 56 heavy (non-hydrogen) atoms. The zero-order valence-electron chi connectivity index (χ0n) is 36.9. The van der Waals surface area contributed by atoms with Crippen molar-refractivity contribution in [3.8, 4) is 0 Å². The van der Waals surface area contributed by atoms with Crippen LogP contribution in [0.5, 0.6) is 0 Å². The highest BCUT2D eigenvalue weighted by atomic mass is 16.6. The fraction of sp³-hybridized carbons (Fsp3) is 0.725. The summed E-state index contributed by atoms with van der Waals surface area (Å²) in [4.78, 5) is 25.2. The van der Waals surface area contributed by atoms with Crippen LogP contribution in [0.2, 0.25) is 0 Å². The molecule has 5 nitrogen and oxygen atoms in total. The molecule has 0 bridgehead atoms. The molecule has 0 saturated carbocycles. The second kappa shape index (κ2) is 46.7. The molecule has 0 aliphatic carbocycles. The average molecular weight is 781 g/mol. The van der Waals surface area contributed by atoms with E-state index in [1.165, 1.54) is 83.5 Å². The summed E-state index contributed by atoms with van der Waals surface area (Å²) in [5.41, 5.74) is 0. The van der Waals surface area contributed by atoms with Crippen molar-refractivity contribution in [2.24, 2.45) is 0 Å². The SMILES string of the molecule is CC/C=C\C/C=C\C/C=C\C/C=C\CCCCCCCCC(=O)OCC(COCCCCCCCCCC)OC(=O)CCCCCCC/C=C\C/C=C\CCC. The van der Waals surface area contributed by atoms with Gasteiger partial charge in [-0.25, -0.2) is 0 Å². The third-order valence-electron chi connectivity index (χ3n) is 9.71. The molecular weight excluding hydrogens is 693 g/mol. The second-order valence-corrected chi connectivity index (χ2v) is 15.3. The predicted molar refractivity (Wildman–Crippen MR) is 242 cm³/mol. The highest BCUT2D eigenvalue weighted by molar-refractivity contribution is 5.70. The minimum absolute atomic E-state index is 0.0706. The number of carbonyl (C=O) groups is 2. The standard InChI is InChI=1S/C51H88O5/c1-4-7-10-13-16-19-21-23-24-25-26-27-28-30-31-33-35-38-41-44-50(52)55-48-49(47-54-46-43-40-37-18-15-12-9-6-3)56-51(53)45-42-39-36-34-32-29-22-20-17-14-11-8-5-2/h7,10-11,14,16,19-20,22-24,26-27,49H,4-6,8-9,12-13,15,17-18,21,25,28-48H2,1-3H3/b10-7-,14-11-,19-16-,22-20-,24-23-,27-26-. The maximum Gasteiger partial charge on any atom is 0.306 e. The van der Waals surface area contributed by atoms with Crippen molar-refractivity contribution in [2.45, 2.75) is 219 Å². The Hall–Kier alpha value is -2.66. The van der Waals surface area contributed by atoms with E-state index >= 15 is 0 Å². The Bertz CT molecular complexity index is 1020. The molecule has 1 unspecified atom stereocenters. The molecule has 0 fully saturated rings. The van der Waals surface area contributed by atoms with Crippen molar-refractivity contribution < 1.29 is 23.8 Å². The Kier molecular flexibility index (Phi) is 44.5. The number of ether oxygens (including phenoxy) is 3. The lowest BCUT2D eigenvalue weighted by Crippen LogP contribution is -2.30.